The zero-order chi connectivity index (χ0) is 8.32. The predicted octanol–water partition coefficient (Wildman–Crippen LogP) is 0.350. The summed E-state index contributed by atoms with van der Waals surface area (Å²) >= 11 is 1.39. The maximum Gasteiger partial charge on any atom is 0.137 e. The number of rotatable bonds is 3. The molecule has 11 heavy (non-hydrogen) atoms. The zero-order valence-electron chi connectivity index (χ0n) is 6.56. The third-order valence-corrected chi connectivity index (χ3v) is 2.37. The van der Waals surface area contributed by atoms with Crippen molar-refractivity contribution in [3.63, 3.8) is 0 Å². The van der Waals surface area contributed by atoms with Crippen LogP contribution >= 0.6 is 11.8 Å². The maximum absolute atomic E-state index is 9.57. The van der Waals surface area contributed by atoms with Gasteiger partial charge in [0.1, 0.15) is 17.6 Å². The Morgan fingerprint density at radius 2 is 2.45 bits per heavy atom. The highest BCUT2D eigenvalue weighted by atomic mass is 32.2. The first-order valence-electron chi connectivity index (χ1n) is 3.24. The lowest BCUT2D eigenvalue weighted by molar-refractivity contribution is 0.132. The van der Waals surface area contributed by atoms with Crippen LogP contribution < -0.4 is 0 Å². The van der Waals surface area contributed by atoms with Gasteiger partial charge in [-0.1, -0.05) is 0 Å². The average molecular weight is 173 g/mol. The number of hydrogen-bond acceptors (Lipinski definition) is 4. The van der Waals surface area contributed by atoms with Crippen LogP contribution in [0.15, 0.2) is 12.7 Å². The number of aromatic nitrogens is 3. The van der Waals surface area contributed by atoms with Crippen LogP contribution in [0, 0.1) is 0 Å². The minimum Gasteiger partial charge on any atom is -0.378 e. The third-order valence-electron chi connectivity index (χ3n) is 1.36. The number of thioether (sulfide) groups is 1. The molecule has 0 aliphatic rings. The van der Waals surface area contributed by atoms with Crippen molar-refractivity contribution >= 4 is 11.8 Å². The predicted molar refractivity (Wildman–Crippen MR) is 44.2 cm³/mol. The van der Waals surface area contributed by atoms with E-state index in [0.29, 0.717) is 6.54 Å². The molecule has 1 heterocycles. The Kier molecular flexibility index (Phi) is 2.51. The van der Waals surface area contributed by atoms with Gasteiger partial charge in [0, 0.05) is 0 Å². The van der Waals surface area contributed by atoms with Gasteiger partial charge < -0.3 is 5.11 Å². The van der Waals surface area contributed by atoms with Crippen LogP contribution in [0.1, 0.15) is 6.92 Å². The Morgan fingerprint density at radius 3 is 2.91 bits per heavy atom. The van der Waals surface area contributed by atoms with Crippen LogP contribution in [0.4, 0.5) is 0 Å². The van der Waals surface area contributed by atoms with Crippen molar-refractivity contribution in [1.29, 1.82) is 0 Å². The fourth-order valence-corrected chi connectivity index (χ4v) is 0.941. The van der Waals surface area contributed by atoms with Gasteiger partial charge in [0.2, 0.25) is 0 Å². The van der Waals surface area contributed by atoms with Gasteiger partial charge in [-0.3, -0.25) is 0 Å². The van der Waals surface area contributed by atoms with E-state index in [-0.39, 0.29) is 0 Å². The monoisotopic (exact) mass is 173 g/mol. The molecule has 0 aliphatic carbocycles. The molecule has 0 spiro atoms. The second-order valence-electron chi connectivity index (χ2n) is 2.47. The molecule has 62 valence electrons. The normalized spacial score (nSPS) is 16.3. The fraction of sp³-hybridized carbons (Fsp3) is 0.667. The molecule has 0 radical (unpaired) electrons. The van der Waals surface area contributed by atoms with E-state index in [4.69, 9.17) is 0 Å². The van der Waals surface area contributed by atoms with Crippen molar-refractivity contribution in [3.05, 3.63) is 12.7 Å². The minimum atomic E-state index is -0.756. The average Bonchev–Trinajstić information content (AvgIpc) is 2.39. The number of aliphatic hydroxyl groups is 1. The van der Waals surface area contributed by atoms with Crippen LogP contribution in [0.3, 0.4) is 0 Å². The van der Waals surface area contributed by atoms with Gasteiger partial charge >= 0.3 is 0 Å². The molecule has 0 bridgehead atoms. The van der Waals surface area contributed by atoms with E-state index in [0.717, 1.165) is 0 Å². The molecule has 4 nitrogen and oxygen atoms in total. The smallest absolute Gasteiger partial charge is 0.137 e. The number of hydrogen-bond donors (Lipinski definition) is 1. The summed E-state index contributed by atoms with van der Waals surface area (Å²) in [7, 11) is 0. The largest absolute Gasteiger partial charge is 0.378 e. The molecule has 0 fully saturated rings. The van der Waals surface area contributed by atoms with Crippen molar-refractivity contribution in [3.8, 4) is 0 Å². The zero-order valence-corrected chi connectivity index (χ0v) is 7.38. The lowest BCUT2D eigenvalue weighted by atomic mass is 10.4. The van der Waals surface area contributed by atoms with Crippen molar-refractivity contribution in [2.75, 3.05) is 6.26 Å². The molecule has 1 unspecified atom stereocenters. The Hall–Kier alpha value is -0.550. The van der Waals surface area contributed by atoms with Gasteiger partial charge in [-0.25, -0.2) is 9.67 Å². The highest BCUT2D eigenvalue weighted by Crippen LogP contribution is 2.19. The van der Waals surface area contributed by atoms with Gasteiger partial charge in [-0.15, -0.1) is 11.8 Å². The van der Waals surface area contributed by atoms with E-state index in [1.807, 2.05) is 6.26 Å². The first-order chi connectivity index (χ1) is 5.14. The van der Waals surface area contributed by atoms with E-state index in [2.05, 4.69) is 10.1 Å². The van der Waals surface area contributed by atoms with Crippen LogP contribution in [0.25, 0.3) is 0 Å². The summed E-state index contributed by atoms with van der Waals surface area (Å²) in [4.78, 5) is 3.02. The van der Waals surface area contributed by atoms with Gasteiger partial charge in [0.05, 0.1) is 6.54 Å². The summed E-state index contributed by atoms with van der Waals surface area (Å²) in [6.45, 7) is 2.22. The van der Waals surface area contributed by atoms with Crippen LogP contribution in [0.5, 0.6) is 0 Å². The highest BCUT2D eigenvalue weighted by molar-refractivity contribution is 7.99. The van der Waals surface area contributed by atoms with Crippen molar-refractivity contribution in [2.24, 2.45) is 0 Å². The highest BCUT2D eigenvalue weighted by Gasteiger charge is 2.18. The van der Waals surface area contributed by atoms with Gasteiger partial charge in [-0.05, 0) is 13.2 Å². The Morgan fingerprint density at radius 1 is 1.73 bits per heavy atom. The summed E-state index contributed by atoms with van der Waals surface area (Å²) in [5.41, 5.74) is 0. The second-order valence-corrected chi connectivity index (χ2v) is 3.76. The quantitative estimate of drug-likeness (QED) is 0.670. The topological polar surface area (TPSA) is 50.9 Å². The summed E-state index contributed by atoms with van der Waals surface area (Å²) in [5, 5.41) is 13.5. The number of nitrogens with zero attached hydrogens (tertiary/aromatic N) is 3. The van der Waals surface area contributed by atoms with E-state index in [9.17, 15) is 5.11 Å². The fourth-order valence-electron chi connectivity index (χ4n) is 0.680. The molecule has 1 aromatic heterocycles. The Bertz CT molecular complexity index is 210. The summed E-state index contributed by atoms with van der Waals surface area (Å²) in [5.74, 6) is 0. The molecule has 5 heteroatoms. The van der Waals surface area contributed by atoms with Gasteiger partial charge in [0.25, 0.3) is 0 Å². The molecule has 1 aromatic rings. The van der Waals surface area contributed by atoms with E-state index in [1.54, 1.807) is 17.9 Å². The molecule has 0 aliphatic heterocycles. The van der Waals surface area contributed by atoms with Crippen LogP contribution in [-0.4, -0.2) is 31.1 Å². The van der Waals surface area contributed by atoms with Crippen molar-refractivity contribution in [2.45, 2.75) is 18.4 Å². The minimum absolute atomic E-state index is 0.466. The summed E-state index contributed by atoms with van der Waals surface area (Å²) in [6.07, 6.45) is 4.90. The van der Waals surface area contributed by atoms with Crippen LogP contribution in [0.2, 0.25) is 0 Å². The van der Waals surface area contributed by atoms with Gasteiger partial charge in [-0.2, -0.15) is 5.10 Å². The summed E-state index contributed by atoms with van der Waals surface area (Å²) in [6, 6.07) is 0. The third kappa shape index (κ3) is 2.51. The Balaban J connectivity index is 2.56. The molecule has 1 atom stereocenters. The lowest BCUT2D eigenvalue weighted by Crippen LogP contribution is -2.26. The second kappa shape index (κ2) is 3.23. The first-order valence-corrected chi connectivity index (χ1v) is 4.46. The molecule has 0 saturated heterocycles. The lowest BCUT2D eigenvalue weighted by Gasteiger charge is -2.19. The molecular formula is C6H11N3OS. The molecule has 1 N–H and O–H groups in total. The van der Waals surface area contributed by atoms with E-state index < -0.39 is 4.93 Å². The molecule has 0 aromatic carbocycles. The van der Waals surface area contributed by atoms with E-state index >= 15 is 0 Å². The maximum atomic E-state index is 9.57. The summed E-state index contributed by atoms with van der Waals surface area (Å²) < 4.78 is 1.61. The van der Waals surface area contributed by atoms with Gasteiger partial charge in [0.15, 0.2) is 0 Å². The molecular weight excluding hydrogens is 162 g/mol. The van der Waals surface area contributed by atoms with E-state index in [1.165, 1.54) is 18.1 Å². The standard InChI is InChI=1S/C6H11N3OS/c1-6(10,11-2)3-9-5-7-4-8-9/h4-5,10H,3H2,1-2H3. The van der Waals surface area contributed by atoms with Crippen molar-refractivity contribution < 1.29 is 5.11 Å². The van der Waals surface area contributed by atoms with Crippen LogP contribution in [-0.2, 0) is 6.54 Å². The van der Waals surface area contributed by atoms with Crippen molar-refractivity contribution in [1.82, 2.24) is 14.8 Å². The molecule has 1 rings (SSSR count). The molecule has 0 saturated carbocycles. The molecule has 0 amide bonds. The first kappa shape index (κ1) is 8.55. The SMILES string of the molecule is CSC(C)(O)Cn1cncn1. The Labute approximate surface area is 69.6 Å².